The van der Waals surface area contributed by atoms with Gasteiger partial charge in [0, 0.05) is 36.7 Å². The molecule has 1 aliphatic rings. The number of hydrogen-bond acceptors (Lipinski definition) is 7. The van der Waals surface area contributed by atoms with Gasteiger partial charge < -0.3 is 20.1 Å². The first-order valence-electron chi connectivity index (χ1n) is 12.2. The van der Waals surface area contributed by atoms with E-state index in [2.05, 4.69) is 20.4 Å². The second-order valence-corrected chi connectivity index (χ2v) is 10.6. The monoisotopic (exact) mass is 532 g/mol. The van der Waals surface area contributed by atoms with Crippen molar-refractivity contribution in [2.24, 2.45) is 0 Å². The van der Waals surface area contributed by atoms with Crippen molar-refractivity contribution in [2.45, 2.75) is 64.5 Å². The minimum atomic E-state index is -4.57. The Morgan fingerprint density at radius 1 is 1.16 bits per heavy atom. The lowest BCUT2D eigenvalue weighted by Gasteiger charge is -2.38. The number of aliphatic hydroxyl groups is 1. The van der Waals surface area contributed by atoms with Crippen LogP contribution in [0.5, 0.6) is 0 Å². The Hall–Kier alpha value is -3.67. The summed E-state index contributed by atoms with van der Waals surface area (Å²) in [5.41, 5.74) is 0.329. The number of amides is 1. The molecule has 9 nitrogen and oxygen atoms in total. The molecule has 0 unspecified atom stereocenters. The molecule has 4 rings (SSSR count). The summed E-state index contributed by atoms with van der Waals surface area (Å²) in [7, 11) is 0. The molecule has 1 amide bonds. The number of carbonyl (C=O) groups excluding carboxylic acids is 1. The Bertz CT molecular complexity index is 1290. The number of nitrogens with one attached hydrogen (secondary N) is 1. The lowest BCUT2D eigenvalue weighted by Crippen LogP contribution is -2.49. The summed E-state index contributed by atoms with van der Waals surface area (Å²) < 4.78 is 46.1. The number of carbonyl (C=O) groups is 1. The first kappa shape index (κ1) is 27.4. The molecule has 3 heterocycles. The van der Waals surface area contributed by atoms with Crippen molar-refractivity contribution in [2.75, 3.05) is 18.4 Å². The Morgan fingerprint density at radius 3 is 2.53 bits per heavy atom. The quantitative estimate of drug-likeness (QED) is 0.467. The standard InChI is InChI=1S/C26H31F3N6O3/c1-17-11-18(13-20(12-17)32-22-30-8-5-21(33-22)26(27,28)29)19-14-31-35(15-19)16-25(37)6-9-34(10-7-25)23(36)38-24(2,3)4/h5,8,11-15,37H,6-7,9-10,16H2,1-4H3,(H,30,32,33). The zero-order valence-corrected chi connectivity index (χ0v) is 21.7. The van der Waals surface area contributed by atoms with E-state index in [0.717, 1.165) is 29.0 Å². The van der Waals surface area contributed by atoms with E-state index in [9.17, 15) is 23.1 Å². The Balaban J connectivity index is 1.43. The van der Waals surface area contributed by atoms with Crippen LogP contribution in [0.2, 0.25) is 0 Å². The fourth-order valence-electron chi connectivity index (χ4n) is 4.22. The van der Waals surface area contributed by atoms with Crippen LogP contribution in [0.25, 0.3) is 11.1 Å². The number of nitrogens with zero attached hydrogens (tertiary/aromatic N) is 5. The SMILES string of the molecule is Cc1cc(Nc2nccc(C(F)(F)F)n2)cc(-c2cnn(CC3(O)CCN(C(=O)OC(C)(C)C)CC3)c2)c1. The summed E-state index contributed by atoms with van der Waals surface area (Å²) in [6.45, 7) is 8.32. The molecule has 0 saturated carbocycles. The minimum absolute atomic E-state index is 0.160. The van der Waals surface area contributed by atoms with Crippen molar-refractivity contribution < 1.29 is 27.8 Å². The summed E-state index contributed by atoms with van der Waals surface area (Å²) in [4.78, 5) is 21.4. The molecule has 1 saturated heterocycles. The van der Waals surface area contributed by atoms with Crippen LogP contribution in [0, 0.1) is 6.92 Å². The number of ether oxygens (including phenoxy) is 1. The number of benzene rings is 1. The van der Waals surface area contributed by atoms with Gasteiger partial charge in [0.05, 0.1) is 18.3 Å². The van der Waals surface area contributed by atoms with Crippen molar-refractivity contribution in [1.82, 2.24) is 24.6 Å². The molecule has 0 atom stereocenters. The highest BCUT2D eigenvalue weighted by Gasteiger charge is 2.36. The number of aromatic nitrogens is 4. The molecule has 3 aromatic rings. The summed E-state index contributed by atoms with van der Waals surface area (Å²) >= 11 is 0. The summed E-state index contributed by atoms with van der Waals surface area (Å²) in [5.74, 6) is -0.160. The van der Waals surface area contributed by atoms with Gasteiger partial charge in [-0.3, -0.25) is 4.68 Å². The molecule has 1 fully saturated rings. The average molecular weight is 533 g/mol. The maximum atomic E-state index is 13.0. The second-order valence-electron chi connectivity index (χ2n) is 10.6. The molecule has 0 spiro atoms. The van der Waals surface area contributed by atoms with Crippen molar-refractivity contribution in [3.8, 4) is 11.1 Å². The maximum Gasteiger partial charge on any atom is 0.433 e. The summed E-state index contributed by atoms with van der Waals surface area (Å²) in [5, 5.41) is 18.4. The highest BCUT2D eigenvalue weighted by Crippen LogP contribution is 2.30. The Kier molecular flexibility index (Phi) is 7.37. The molecular weight excluding hydrogens is 501 g/mol. The van der Waals surface area contributed by atoms with Crippen molar-refractivity contribution in [1.29, 1.82) is 0 Å². The van der Waals surface area contributed by atoms with Crippen LogP contribution in [-0.4, -0.2) is 60.1 Å². The van der Waals surface area contributed by atoms with Crippen LogP contribution in [0.15, 0.2) is 42.9 Å². The number of hydrogen-bond donors (Lipinski definition) is 2. The van der Waals surface area contributed by atoms with Crippen LogP contribution in [-0.2, 0) is 17.5 Å². The molecule has 0 bridgehead atoms. The molecule has 2 aromatic heterocycles. The third-order valence-electron chi connectivity index (χ3n) is 6.05. The van der Waals surface area contributed by atoms with Gasteiger partial charge in [0.2, 0.25) is 5.95 Å². The largest absolute Gasteiger partial charge is 0.444 e. The summed E-state index contributed by atoms with van der Waals surface area (Å²) in [6, 6.07) is 6.29. The van der Waals surface area contributed by atoms with Gasteiger partial charge in [0.25, 0.3) is 0 Å². The number of piperidine rings is 1. The van der Waals surface area contributed by atoms with Gasteiger partial charge in [-0.25, -0.2) is 14.8 Å². The van der Waals surface area contributed by atoms with Crippen LogP contribution in [0.3, 0.4) is 0 Å². The third-order valence-corrected chi connectivity index (χ3v) is 6.05. The van der Waals surface area contributed by atoms with Gasteiger partial charge in [0.1, 0.15) is 11.3 Å². The predicted molar refractivity (Wildman–Crippen MR) is 135 cm³/mol. The zero-order chi connectivity index (χ0) is 27.7. The van der Waals surface area contributed by atoms with Gasteiger partial charge in [-0.1, -0.05) is 6.07 Å². The second kappa shape index (κ2) is 10.2. The first-order chi connectivity index (χ1) is 17.7. The molecule has 1 aliphatic heterocycles. The number of likely N-dealkylation sites (tertiary alicyclic amines) is 1. The molecule has 38 heavy (non-hydrogen) atoms. The fraction of sp³-hybridized carbons (Fsp3) is 0.462. The Labute approximate surface area is 218 Å². The number of rotatable bonds is 5. The van der Waals surface area contributed by atoms with Crippen LogP contribution < -0.4 is 5.32 Å². The Morgan fingerprint density at radius 2 is 1.87 bits per heavy atom. The maximum absolute atomic E-state index is 13.0. The van der Waals surface area contributed by atoms with E-state index in [1.54, 1.807) is 34.1 Å². The number of aryl methyl sites for hydroxylation is 1. The van der Waals surface area contributed by atoms with Gasteiger partial charge in [0.15, 0.2) is 0 Å². The fourth-order valence-corrected chi connectivity index (χ4v) is 4.22. The van der Waals surface area contributed by atoms with Gasteiger partial charge in [-0.15, -0.1) is 0 Å². The highest BCUT2D eigenvalue weighted by molar-refractivity contribution is 5.70. The number of anilines is 2. The summed E-state index contributed by atoms with van der Waals surface area (Å²) in [6.07, 6.45) is 0.341. The molecule has 204 valence electrons. The van der Waals surface area contributed by atoms with Crippen molar-refractivity contribution in [3.63, 3.8) is 0 Å². The lowest BCUT2D eigenvalue weighted by molar-refractivity contribution is -0.141. The lowest BCUT2D eigenvalue weighted by atomic mass is 9.91. The van der Waals surface area contributed by atoms with Gasteiger partial charge in [-0.05, 0) is 69.9 Å². The highest BCUT2D eigenvalue weighted by atomic mass is 19.4. The molecular formula is C26H31F3N6O3. The molecule has 12 heteroatoms. The van der Waals surface area contributed by atoms with E-state index < -0.39 is 23.1 Å². The number of halogens is 3. The van der Waals surface area contributed by atoms with E-state index in [-0.39, 0.29) is 18.6 Å². The zero-order valence-electron chi connectivity index (χ0n) is 21.7. The first-order valence-corrected chi connectivity index (χ1v) is 12.2. The van der Waals surface area contributed by atoms with Crippen molar-refractivity contribution in [3.05, 3.63) is 54.1 Å². The van der Waals surface area contributed by atoms with E-state index in [4.69, 9.17) is 4.74 Å². The van der Waals surface area contributed by atoms with Crippen LogP contribution >= 0.6 is 0 Å². The van der Waals surface area contributed by atoms with Gasteiger partial charge >= 0.3 is 12.3 Å². The van der Waals surface area contributed by atoms with Crippen LogP contribution in [0.1, 0.15) is 44.9 Å². The third kappa shape index (κ3) is 7.00. The molecule has 0 aliphatic carbocycles. The van der Waals surface area contributed by atoms with E-state index in [1.807, 2.05) is 33.8 Å². The normalized spacial score (nSPS) is 15.8. The topological polar surface area (TPSA) is 105 Å². The predicted octanol–water partition coefficient (Wildman–Crippen LogP) is 5.17. The molecule has 2 N–H and O–H groups in total. The average Bonchev–Trinajstić information content (AvgIpc) is 3.25. The van der Waals surface area contributed by atoms with E-state index in [0.29, 0.717) is 31.6 Å². The molecule has 0 radical (unpaired) electrons. The van der Waals surface area contributed by atoms with Crippen molar-refractivity contribution >= 4 is 17.7 Å². The number of alkyl halides is 3. The smallest absolute Gasteiger partial charge is 0.433 e. The minimum Gasteiger partial charge on any atom is -0.444 e. The van der Waals surface area contributed by atoms with E-state index >= 15 is 0 Å². The molecule has 1 aromatic carbocycles. The van der Waals surface area contributed by atoms with E-state index in [1.165, 1.54) is 0 Å². The van der Waals surface area contributed by atoms with Gasteiger partial charge in [-0.2, -0.15) is 18.3 Å². The van der Waals surface area contributed by atoms with Crippen LogP contribution in [0.4, 0.5) is 29.6 Å².